The normalized spacial score (nSPS) is 20.4. The van der Waals surface area contributed by atoms with Crippen LogP contribution in [-0.4, -0.2) is 60.0 Å². The van der Waals surface area contributed by atoms with Crippen LogP contribution in [0.15, 0.2) is 16.7 Å². The van der Waals surface area contributed by atoms with E-state index < -0.39 is 21.8 Å². The van der Waals surface area contributed by atoms with Crippen molar-refractivity contribution in [2.24, 2.45) is 0 Å². The SMILES string of the molecule is O=C(c1cc(Br)cnc1Cl)N(CCO)C1CCS(=O)(=O)C1. The Kier molecular flexibility index (Phi) is 5.24. The van der Waals surface area contributed by atoms with E-state index in [0.29, 0.717) is 10.9 Å². The van der Waals surface area contributed by atoms with Crippen molar-refractivity contribution in [1.82, 2.24) is 9.88 Å². The van der Waals surface area contributed by atoms with Gasteiger partial charge in [0.15, 0.2) is 9.84 Å². The minimum atomic E-state index is -3.13. The maximum atomic E-state index is 12.6. The van der Waals surface area contributed by atoms with Gasteiger partial charge in [0.1, 0.15) is 5.15 Å². The molecule has 21 heavy (non-hydrogen) atoms. The summed E-state index contributed by atoms with van der Waals surface area (Å²) in [4.78, 5) is 17.8. The van der Waals surface area contributed by atoms with Crippen molar-refractivity contribution in [3.05, 3.63) is 27.5 Å². The highest BCUT2D eigenvalue weighted by Crippen LogP contribution is 2.24. The number of carbonyl (C=O) groups excluding carboxylic acids is 1. The summed E-state index contributed by atoms with van der Waals surface area (Å²) in [5, 5.41) is 9.19. The first-order valence-electron chi connectivity index (χ1n) is 6.27. The van der Waals surface area contributed by atoms with Crippen LogP contribution < -0.4 is 0 Å². The molecule has 1 amide bonds. The van der Waals surface area contributed by atoms with Crippen molar-refractivity contribution < 1.29 is 18.3 Å². The summed E-state index contributed by atoms with van der Waals surface area (Å²) in [5.41, 5.74) is 0.184. The first kappa shape index (κ1) is 16.7. The van der Waals surface area contributed by atoms with E-state index in [9.17, 15) is 13.2 Å². The smallest absolute Gasteiger partial charge is 0.257 e. The maximum Gasteiger partial charge on any atom is 0.257 e. The molecular formula is C12H14BrClN2O4S. The number of pyridine rings is 1. The zero-order valence-corrected chi connectivity index (χ0v) is 14.2. The zero-order valence-electron chi connectivity index (χ0n) is 11.0. The van der Waals surface area contributed by atoms with Gasteiger partial charge in [-0.2, -0.15) is 0 Å². The molecule has 116 valence electrons. The van der Waals surface area contributed by atoms with Gasteiger partial charge >= 0.3 is 0 Å². The van der Waals surface area contributed by atoms with Gasteiger partial charge in [-0.15, -0.1) is 0 Å². The molecule has 1 fully saturated rings. The van der Waals surface area contributed by atoms with E-state index in [1.54, 1.807) is 0 Å². The second-order valence-corrected chi connectivity index (χ2v) is 8.27. The molecule has 0 aliphatic carbocycles. The van der Waals surface area contributed by atoms with Crippen LogP contribution in [0.5, 0.6) is 0 Å². The van der Waals surface area contributed by atoms with E-state index in [0.717, 1.165) is 0 Å². The van der Waals surface area contributed by atoms with Crippen LogP contribution in [0.3, 0.4) is 0 Å². The van der Waals surface area contributed by atoms with Crippen LogP contribution in [0, 0.1) is 0 Å². The number of hydrogen-bond acceptors (Lipinski definition) is 5. The van der Waals surface area contributed by atoms with Crippen molar-refractivity contribution in [1.29, 1.82) is 0 Å². The van der Waals surface area contributed by atoms with Crippen LogP contribution >= 0.6 is 27.5 Å². The zero-order chi connectivity index (χ0) is 15.6. The third-order valence-electron chi connectivity index (χ3n) is 3.29. The Morgan fingerprint density at radius 2 is 2.29 bits per heavy atom. The molecule has 1 atom stereocenters. The summed E-state index contributed by atoms with van der Waals surface area (Å²) in [6.07, 6.45) is 1.84. The molecule has 2 heterocycles. The van der Waals surface area contributed by atoms with E-state index >= 15 is 0 Å². The molecule has 9 heteroatoms. The van der Waals surface area contributed by atoms with Gasteiger partial charge in [-0.1, -0.05) is 11.6 Å². The van der Waals surface area contributed by atoms with Gasteiger partial charge in [-0.05, 0) is 28.4 Å². The van der Waals surface area contributed by atoms with Crippen LogP contribution in [0.2, 0.25) is 5.15 Å². The number of carbonyl (C=O) groups is 1. The fourth-order valence-corrected chi connectivity index (χ4v) is 4.55. The van der Waals surface area contributed by atoms with E-state index in [2.05, 4.69) is 20.9 Å². The number of aromatic nitrogens is 1. The molecule has 2 rings (SSSR count). The average Bonchev–Trinajstić information content (AvgIpc) is 2.78. The van der Waals surface area contributed by atoms with Crippen LogP contribution in [0.4, 0.5) is 0 Å². The fourth-order valence-electron chi connectivity index (χ4n) is 2.31. The average molecular weight is 398 g/mol. The third kappa shape index (κ3) is 3.94. The molecular weight excluding hydrogens is 384 g/mol. The number of hydrogen-bond donors (Lipinski definition) is 1. The van der Waals surface area contributed by atoms with Crippen LogP contribution in [-0.2, 0) is 9.84 Å². The van der Waals surface area contributed by atoms with E-state index in [1.165, 1.54) is 17.2 Å². The lowest BCUT2D eigenvalue weighted by atomic mass is 10.1. The second-order valence-electron chi connectivity index (χ2n) is 4.77. The quantitative estimate of drug-likeness (QED) is 0.769. The molecule has 1 N–H and O–H groups in total. The van der Waals surface area contributed by atoms with Crippen molar-refractivity contribution >= 4 is 43.3 Å². The number of aliphatic hydroxyl groups is 1. The molecule has 1 saturated heterocycles. The summed E-state index contributed by atoms with van der Waals surface area (Å²) < 4.78 is 23.8. The van der Waals surface area contributed by atoms with E-state index in [4.69, 9.17) is 16.7 Å². The maximum absolute atomic E-state index is 12.6. The highest BCUT2D eigenvalue weighted by molar-refractivity contribution is 9.10. The molecule has 0 bridgehead atoms. The van der Waals surface area contributed by atoms with Gasteiger partial charge in [0, 0.05) is 23.3 Å². The lowest BCUT2D eigenvalue weighted by Crippen LogP contribution is -2.43. The topological polar surface area (TPSA) is 87.6 Å². The summed E-state index contributed by atoms with van der Waals surface area (Å²) in [6, 6.07) is 1.09. The largest absolute Gasteiger partial charge is 0.395 e. The van der Waals surface area contributed by atoms with Crippen molar-refractivity contribution in [3.63, 3.8) is 0 Å². The molecule has 1 aromatic rings. The third-order valence-corrected chi connectivity index (χ3v) is 5.77. The van der Waals surface area contributed by atoms with Crippen molar-refractivity contribution in [2.45, 2.75) is 12.5 Å². The van der Waals surface area contributed by atoms with Gasteiger partial charge in [-0.3, -0.25) is 4.79 Å². The predicted octanol–water partition coefficient (Wildman–Crippen LogP) is 1.12. The number of sulfone groups is 1. The lowest BCUT2D eigenvalue weighted by molar-refractivity contribution is 0.0655. The van der Waals surface area contributed by atoms with Crippen LogP contribution in [0.1, 0.15) is 16.8 Å². The Hall–Kier alpha value is -0.700. The first-order chi connectivity index (χ1) is 9.84. The number of nitrogens with zero attached hydrogens (tertiary/aromatic N) is 2. The molecule has 6 nitrogen and oxygen atoms in total. The Morgan fingerprint density at radius 3 is 2.86 bits per heavy atom. The van der Waals surface area contributed by atoms with Crippen molar-refractivity contribution in [3.8, 4) is 0 Å². The Morgan fingerprint density at radius 1 is 1.57 bits per heavy atom. The molecule has 1 aliphatic rings. The highest BCUT2D eigenvalue weighted by Gasteiger charge is 2.35. The number of aliphatic hydroxyl groups excluding tert-OH is 1. The summed E-state index contributed by atoms with van der Waals surface area (Å²) in [5.74, 6) is -0.459. The standard InChI is InChI=1S/C12H14BrClN2O4S/c13-8-5-10(11(14)15-6-8)12(18)16(2-3-17)9-1-4-21(19,20)7-9/h5-6,9,17H,1-4,7H2. The molecule has 0 radical (unpaired) electrons. The lowest BCUT2D eigenvalue weighted by Gasteiger charge is -2.27. The van der Waals surface area contributed by atoms with Gasteiger partial charge in [0.25, 0.3) is 5.91 Å². The van der Waals surface area contributed by atoms with Gasteiger partial charge in [0.2, 0.25) is 0 Å². The molecule has 0 aromatic carbocycles. The minimum absolute atomic E-state index is 0.0481. The predicted molar refractivity (Wildman–Crippen MR) is 82.1 cm³/mol. The molecule has 1 unspecified atom stereocenters. The Labute approximate surface area is 136 Å². The Balaban J connectivity index is 2.30. The Bertz CT molecular complexity index is 653. The van der Waals surface area contributed by atoms with Gasteiger partial charge < -0.3 is 10.0 Å². The summed E-state index contributed by atoms with van der Waals surface area (Å²) in [6.45, 7) is -0.191. The second kappa shape index (κ2) is 6.60. The number of rotatable bonds is 4. The van der Waals surface area contributed by atoms with Crippen LogP contribution in [0.25, 0.3) is 0 Å². The molecule has 0 saturated carbocycles. The first-order valence-corrected chi connectivity index (χ1v) is 9.26. The van der Waals surface area contributed by atoms with E-state index in [1.807, 2.05) is 0 Å². The van der Waals surface area contributed by atoms with Crippen molar-refractivity contribution in [2.75, 3.05) is 24.7 Å². The summed E-state index contributed by atoms with van der Waals surface area (Å²) in [7, 11) is -3.13. The molecule has 1 aliphatic heterocycles. The summed E-state index contributed by atoms with van der Waals surface area (Å²) >= 11 is 9.16. The molecule has 1 aromatic heterocycles. The monoisotopic (exact) mass is 396 g/mol. The molecule has 0 spiro atoms. The fraction of sp³-hybridized carbons (Fsp3) is 0.500. The van der Waals surface area contributed by atoms with E-state index in [-0.39, 0.29) is 35.4 Å². The minimum Gasteiger partial charge on any atom is -0.395 e. The van der Waals surface area contributed by atoms with Gasteiger partial charge in [0.05, 0.1) is 23.7 Å². The van der Waals surface area contributed by atoms with Gasteiger partial charge in [-0.25, -0.2) is 13.4 Å². The number of amides is 1. The highest BCUT2D eigenvalue weighted by atomic mass is 79.9. The number of halogens is 2.